The molecular weight excluding hydrogens is 330 g/mol. The number of carbonyl (C=O) groups excluding carboxylic acids is 2. The third-order valence-electron chi connectivity index (χ3n) is 4.43. The van der Waals surface area contributed by atoms with E-state index in [1.165, 1.54) is 4.90 Å². The summed E-state index contributed by atoms with van der Waals surface area (Å²) in [5, 5.41) is 11.3. The Hall–Kier alpha value is -2.26. The lowest BCUT2D eigenvalue weighted by molar-refractivity contribution is -0.120. The zero-order chi connectivity index (χ0) is 17.3. The summed E-state index contributed by atoms with van der Waals surface area (Å²) >= 11 is 5.68. The van der Waals surface area contributed by atoms with E-state index < -0.39 is 17.6 Å². The maximum absolute atomic E-state index is 12.0. The zero-order valence-corrected chi connectivity index (χ0v) is 14.0. The summed E-state index contributed by atoms with van der Waals surface area (Å²) in [7, 11) is 0. The van der Waals surface area contributed by atoms with Crippen molar-refractivity contribution in [2.75, 3.05) is 18.0 Å². The quantitative estimate of drug-likeness (QED) is 0.828. The van der Waals surface area contributed by atoms with Crippen molar-refractivity contribution in [1.82, 2.24) is 5.32 Å². The smallest absolute Gasteiger partial charge is 0.414 e. The molecule has 3 rings (SSSR count). The average Bonchev–Trinajstić information content (AvgIpc) is 3.30. The van der Waals surface area contributed by atoms with Gasteiger partial charge >= 0.3 is 6.09 Å². The normalized spacial score (nSPS) is 22.5. The molecule has 0 unspecified atom stereocenters. The van der Waals surface area contributed by atoms with Gasteiger partial charge in [-0.3, -0.25) is 9.69 Å². The number of nitriles is 1. The molecular formula is C17H18ClN3O3. The zero-order valence-electron chi connectivity index (χ0n) is 13.3. The highest BCUT2D eigenvalue weighted by Gasteiger charge is 2.45. The first-order valence-electron chi connectivity index (χ1n) is 7.87. The Bertz CT molecular complexity index is 692. The number of cyclic esters (lactones) is 1. The first-order valence-corrected chi connectivity index (χ1v) is 8.30. The lowest BCUT2D eigenvalue weighted by Crippen LogP contribution is -2.37. The van der Waals surface area contributed by atoms with E-state index in [4.69, 9.17) is 16.3 Å². The Kier molecular flexibility index (Phi) is 4.37. The Morgan fingerprint density at radius 3 is 2.71 bits per heavy atom. The Morgan fingerprint density at radius 2 is 2.17 bits per heavy atom. The molecule has 7 heteroatoms. The van der Waals surface area contributed by atoms with Crippen molar-refractivity contribution >= 4 is 29.3 Å². The summed E-state index contributed by atoms with van der Waals surface area (Å²) in [6.07, 6.45) is 0.915. The molecule has 1 aromatic rings. The minimum Gasteiger partial charge on any atom is -0.442 e. The fourth-order valence-corrected chi connectivity index (χ4v) is 2.82. The average molecular weight is 348 g/mol. The predicted octanol–water partition coefficient (Wildman–Crippen LogP) is 2.31. The molecule has 1 saturated carbocycles. The van der Waals surface area contributed by atoms with Gasteiger partial charge in [0.1, 0.15) is 11.5 Å². The van der Waals surface area contributed by atoms with Crippen LogP contribution in [0.25, 0.3) is 0 Å². The fraction of sp³-hybridized carbons (Fsp3) is 0.471. The molecule has 2 amide bonds. The summed E-state index contributed by atoms with van der Waals surface area (Å²) in [5.74, 6) is -0.290. The van der Waals surface area contributed by atoms with E-state index >= 15 is 0 Å². The summed E-state index contributed by atoms with van der Waals surface area (Å²) in [6.45, 7) is 2.17. The van der Waals surface area contributed by atoms with Crippen molar-refractivity contribution in [3.05, 3.63) is 29.8 Å². The summed E-state index contributed by atoms with van der Waals surface area (Å²) in [6, 6.07) is 9.80. The van der Waals surface area contributed by atoms with Crippen LogP contribution in [0, 0.1) is 11.3 Å². The third-order valence-corrected chi connectivity index (χ3v) is 4.63. The van der Waals surface area contributed by atoms with Gasteiger partial charge in [0.05, 0.1) is 24.6 Å². The minimum absolute atomic E-state index is 0.230. The van der Waals surface area contributed by atoms with Crippen molar-refractivity contribution in [2.24, 2.45) is 0 Å². The Morgan fingerprint density at radius 1 is 1.50 bits per heavy atom. The van der Waals surface area contributed by atoms with Gasteiger partial charge < -0.3 is 10.1 Å². The highest BCUT2D eigenvalue weighted by Crippen LogP contribution is 2.47. The first-order chi connectivity index (χ1) is 11.4. The number of benzene rings is 1. The van der Waals surface area contributed by atoms with Gasteiger partial charge in [0.15, 0.2) is 0 Å². The van der Waals surface area contributed by atoms with Gasteiger partial charge in [0.25, 0.3) is 0 Å². The monoisotopic (exact) mass is 347 g/mol. The number of hydrogen-bond donors (Lipinski definition) is 1. The minimum atomic E-state index is -0.624. The number of anilines is 1. The molecule has 2 aliphatic rings. The lowest BCUT2D eigenvalue weighted by Gasteiger charge is -2.15. The second kappa shape index (κ2) is 6.33. The number of nitrogens with one attached hydrogen (secondary N) is 1. The van der Waals surface area contributed by atoms with Crippen LogP contribution in [0.3, 0.4) is 0 Å². The fourth-order valence-electron chi connectivity index (χ4n) is 2.74. The van der Waals surface area contributed by atoms with E-state index in [1.54, 1.807) is 6.92 Å². The van der Waals surface area contributed by atoms with Crippen LogP contribution in [0.1, 0.15) is 25.3 Å². The van der Waals surface area contributed by atoms with Crippen LogP contribution < -0.4 is 10.2 Å². The standard InChI is InChI=1S/C17H18ClN3O3/c1-11(18)15(22)20-8-14-9-21(16(23)24-14)13-4-2-12(3-5-13)17(10-19)6-7-17/h2-5,11,14H,6-9H2,1H3,(H,20,22)/t11-,14+/m1/s1. The number of amides is 2. The van der Waals surface area contributed by atoms with E-state index in [9.17, 15) is 14.9 Å². The van der Waals surface area contributed by atoms with Crippen molar-refractivity contribution in [3.63, 3.8) is 0 Å². The second-order valence-corrected chi connectivity index (χ2v) is 6.87. The van der Waals surface area contributed by atoms with E-state index in [1.807, 2.05) is 24.3 Å². The molecule has 0 bridgehead atoms. The molecule has 1 aromatic carbocycles. The molecule has 2 fully saturated rings. The number of rotatable bonds is 5. The molecule has 0 spiro atoms. The van der Waals surface area contributed by atoms with Gasteiger partial charge in [-0.15, -0.1) is 11.6 Å². The summed E-state index contributed by atoms with van der Waals surface area (Å²) < 4.78 is 5.27. The Balaban J connectivity index is 1.62. The van der Waals surface area contributed by atoms with E-state index in [0.29, 0.717) is 6.54 Å². The van der Waals surface area contributed by atoms with Crippen LogP contribution in [0.2, 0.25) is 0 Å². The van der Waals surface area contributed by atoms with Crippen LogP contribution >= 0.6 is 11.6 Å². The molecule has 6 nitrogen and oxygen atoms in total. The van der Waals surface area contributed by atoms with Gasteiger partial charge in [-0.2, -0.15) is 5.26 Å². The Labute approximate surface area is 145 Å². The number of halogens is 1. The number of ether oxygens (including phenoxy) is 1. The molecule has 0 radical (unpaired) electrons. The summed E-state index contributed by atoms with van der Waals surface area (Å²) in [5.41, 5.74) is 1.37. The van der Waals surface area contributed by atoms with Gasteiger partial charge in [-0.25, -0.2) is 4.79 Å². The summed E-state index contributed by atoms with van der Waals surface area (Å²) in [4.78, 5) is 25.0. The molecule has 1 heterocycles. The van der Waals surface area contributed by atoms with Crippen LogP contribution in [-0.4, -0.2) is 36.6 Å². The van der Waals surface area contributed by atoms with Gasteiger partial charge in [0, 0.05) is 5.69 Å². The van der Waals surface area contributed by atoms with Crippen molar-refractivity contribution < 1.29 is 14.3 Å². The molecule has 1 aliphatic carbocycles. The first kappa shape index (κ1) is 16.6. The topological polar surface area (TPSA) is 82.4 Å². The molecule has 126 valence electrons. The largest absolute Gasteiger partial charge is 0.442 e. The number of hydrogen-bond acceptors (Lipinski definition) is 4. The van der Waals surface area contributed by atoms with Gasteiger partial charge in [-0.05, 0) is 37.5 Å². The number of carbonyl (C=O) groups is 2. The molecule has 1 aliphatic heterocycles. The van der Waals surface area contributed by atoms with E-state index in [2.05, 4.69) is 11.4 Å². The van der Waals surface area contributed by atoms with Crippen molar-refractivity contribution in [1.29, 1.82) is 5.26 Å². The maximum Gasteiger partial charge on any atom is 0.414 e. The predicted molar refractivity (Wildman–Crippen MR) is 88.9 cm³/mol. The third kappa shape index (κ3) is 3.17. The maximum atomic E-state index is 12.0. The van der Waals surface area contributed by atoms with E-state index in [0.717, 1.165) is 24.1 Å². The number of alkyl halides is 1. The SMILES string of the molecule is C[C@@H](Cl)C(=O)NC[C@H]1CN(c2ccc(C3(C#N)CC3)cc2)C(=O)O1. The van der Waals surface area contributed by atoms with Gasteiger partial charge in [0.2, 0.25) is 5.91 Å². The van der Waals surface area contributed by atoms with Gasteiger partial charge in [-0.1, -0.05) is 12.1 Å². The van der Waals surface area contributed by atoms with Crippen LogP contribution in [0.4, 0.5) is 10.5 Å². The van der Waals surface area contributed by atoms with Crippen LogP contribution in [0.5, 0.6) is 0 Å². The molecule has 24 heavy (non-hydrogen) atoms. The molecule has 1 N–H and O–H groups in total. The van der Waals surface area contributed by atoms with Crippen LogP contribution in [0.15, 0.2) is 24.3 Å². The lowest BCUT2D eigenvalue weighted by atomic mass is 9.97. The highest BCUT2D eigenvalue weighted by molar-refractivity contribution is 6.30. The van der Waals surface area contributed by atoms with Crippen molar-refractivity contribution in [3.8, 4) is 6.07 Å². The van der Waals surface area contributed by atoms with Crippen LogP contribution in [-0.2, 0) is 14.9 Å². The molecule has 0 aromatic heterocycles. The van der Waals surface area contributed by atoms with Crippen molar-refractivity contribution in [2.45, 2.75) is 36.7 Å². The number of nitrogens with zero attached hydrogens (tertiary/aromatic N) is 2. The highest BCUT2D eigenvalue weighted by atomic mass is 35.5. The molecule has 1 saturated heterocycles. The molecule has 2 atom stereocenters. The second-order valence-electron chi connectivity index (χ2n) is 6.22. The van der Waals surface area contributed by atoms with E-state index in [-0.39, 0.29) is 17.9 Å².